The standard InChI is InChI=1S/C7H7N3O2.2ClH/c11-7(12)6-9-2-4-1-8-3-5(4)10-6;;/h2,8H,1,3H2,(H,11,12);2*1H. The summed E-state index contributed by atoms with van der Waals surface area (Å²) in [6, 6.07) is 0. The Kier molecular flexibility index (Phi) is 4.76. The first kappa shape index (κ1) is 13.1. The van der Waals surface area contributed by atoms with Gasteiger partial charge in [0.15, 0.2) is 0 Å². The van der Waals surface area contributed by atoms with Gasteiger partial charge in [-0.25, -0.2) is 14.8 Å². The van der Waals surface area contributed by atoms with Crippen LogP contribution < -0.4 is 5.32 Å². The number of nitrogens with zero attached hydrogens (tertiary/aromatic N) is 2. The maximum atomic E-state index is 10.5. The Morgan fingerprint density at radius 2 is 2.14 bits per heavy atom. The fourth-order valence-electron chi connectivity index (χ4n) is 1.16. The van der Waals surface area contributed by atoms with Crippen LogP contribution in [0.2, 0.25) is 0 Å². The van der Waals surface area contributed by atoms with E-state index < -0.39 is 5.97 Å². The molecule has 0 spiro atoms. The average molecular weight is 238 g/mol. The van der Waals surface area contributed by atoms with Gasteiger partial charge in [-0.2, -0.15) is 0 Å². The van der Waals surface area contributed by atoms with Crippen LogP contribution in [0.4, 0.5) is 0 Å². The van der Waals surface area contributed by atoms with E-state index in [0.717, 1.165) is 17.8 Å². The Labute approximate surface area is 92.8 Å². The van der Waals surface area contributed by atoms with Crippen molar-refractivity contribution in [3.63, 3.8) is 0 Å². The van der Waals surface area contributed by atoms with E-state index in [9.17, 15) is 4.79 Å². The number of rotatable bonds is 1. The van der Waals surface area contributed by atoms with E-state index in [0.29, 0.717) is 6.54 Å². The lowest BCUT2D eigenvalue weighted by atomic mass is 10.3. The second-order valence-corrected chi connectivity index (χ2v) is 2.57. The molecule has 0 radical (unpaired) electrons. The summed E-state index contributed by atoms with van der Waals surface area (Å²) in [6.45, 7) is 1.37. The lowest BCUT2D eigenvalue weighted by molar-refractivity contribution is 0.0683. The molecule has 0 fully saturated rings. The quantitative estimate of drug-likeness (QED) is 0.750. The Morgan fingerprint density at radius 3 is 2.79 bits per heavy atom. The molecule has 1 aromatic heterocycles. The van der Waals surface area contributed by atoms with Crippen LogP contribution in [-0.4, -0.2) is 21.0 Å². The zero-order valence-electron chi connectivity index (χ0n) is 7.06. The lowest BCUT2D eigenvalue weighted by Crippen LogP contribution is -2.06. The molecule has 2 N–H and O–H groups in total. The maximum absolute atomic E-state index is 10.5. The summed E-state index contributed by atoms with van der Waals surface area (Å²) in [4.78, 5) is 18.0. The molecule has 0 atom stereocenters. The zero-order chi connectivity index (χ0) is 8.55. The van der Waals surface area contributed by atoms with E-state index in [2.05, 4.69) is 15.3 Å². The predicted octanol–water partition coefficient (Wildman–Crippen LogP) is 0.622. The number of nitrogens with one attached hydrogen (secondary N) is 1. The van der Waals surface area contributed by atoms with E-state index >= 15 is 0 Å². The van der Waals surface area contributed by atoms with Gasteiger partial charge in [-0.3, -0.25) is 0 Å². The van der Waals surface area contributed by atoms with Gasteiger partial charge >= 0.3 is 5.97 Å². The van der Waals surface area contributed by atoms with Gasteiger partial charge in [0.1, 0.15) is 0 Å². The number of hydrogen-bond acceptors (Lipinski definition) is 4. The number of aromatic nitrogens is 2. The van der Waals surface area contributed by atoms with Crippen molar-refractivity contribution in [1.82, 2.24) is 15.3 Å². The van der Waals surface area contributed by atoms with Crippen LogP contribution in [-0.2, 0) is 13.1 Å². The highest BCUT2D eigenvalue weighted by Crippen LogP contribution is 2.10. The summed E-state index contributed by atoms with van der Waals surface area (Å²) in [5.41, 5.74) is 1.78. The molecular weight excluding hydrogens is 229 g/mol. The summed E-state index contributed by atoms with van der Waals surface area (Å²) < 4.78 is 0. The van der Waals surface area contributed by atoms with Gasteiger partial charge in [0.05, 0.1) is 5.69 Å². The molecule has 0 unspecified atom stereocenters. The van der Waals surface area contributed by atoms with Crippen LogP contribution >= 0.6 is 24.8 Å². The van der Waals surface area contributed by atoms with E-state index in [-0.39, 0.29) is 30.6 Å². The van der Waals surface area contributed by atoms with Crippen LogP contribution in [0.15, 0.2) is 6.20 Å². The number of carboxylic acids is 1. The van der Waals surface area contributed by atoms with Crippen molar-refractivity contribution in [3.8, 4) is 0 Å². The molecule has 0 aromatic carbocycles. The van der Waals surface area contributed by atoms with Gasteiger partial charge in [-0.15, -0.1) is 24.8 Å². The van der Waals surface area contributed by atoms with Crippen molar-refractivity contribution in [2.75, 3.05) is 0 Å². The van der Waals surface area contributed by atoms with E-state index in [1.807, 2.05) is 0 Å². The van der Waals surface area contributed by atoms with Gasteiger partial charge in [0.2, 0.25) is 5.82 Å². The highest BCUT2D eigenvalue weighted by atomic mass is 35.5. The second-order valence-electron chi connectivity index (χ2n) is 2.57. The van der Waals surface area contributed by atoms with Crippen LogP contribution in [0.5, 0.6) is 0 Å². The number of aromatic carboxylic acids is 1. The normalized spacial score (nSPS) is 12.3. The molecule has 0 saturated heterocycles. The Balaban J connectivity index is 0.000000845. The van der Waals surface area contributed by atoms with Crippen LogP contribution in [0.3, 0.4) is 0 Å². The molecule has 5 nitrogen and oxygen atoms in total. The molecule has 0 saturated carbocycles. The summed E-state index contributed by atoms with van der Waals surface area (Å²) >= 11 is 0. The summed E-state index contributed by atoms with van der Waals surface area (Å²) in [6.07, 6.45) is 1.56. The zero-order valence-corrected chi connectivity index (χ0v) is 8.69. The third-order valence-electron chi connectivity index (χ3n) is 1.75. The minimum Gasteiger partial charge on any atom is -0.475 e. The smallest absolute Gasteiger partial charge is 0.373 e. The van der Waals surface area contributed by atoms with Crippen molar-refractivity contribution in [3.05, 3.63) is 23.3 Å². The third kappa shape index (κ3) is 2.31. The van der Waals surface area contributed by atoms with Crippen molar-refractivity contribution < 1.29 is 9.90 Å². The Morgan fingerprint density at radius 1 is 1.43 bits per heavy atom. The average Bonchev–Trinajstić information content (AvgIpc) is 2.49. The van der Waals surface area contributed by atoms with Crippen molar-refractivity contribution in [2.24, 2.45) is 0 Å². The molecule has 1 aliphatic rings. The largest absolute Gasteiger partial charge is 0.475 e. The van der Waals surface area contributed by atoms with Gasteiger partial charge in [0, 0.05) is 24.8 Å². The van der Waals surface area contributed by atoms with Crippen LogP contribution in [0.25, 0.3) is 0 Å². The summed E-state index contributed by atoms with van der Waals surface area (Å²) in [5, 5.41) is 11.6. The van der Waals surface area contributed by atoms with Crippen molar-refractivity contribution in [1.29, 1.82) is 0 Å². The van der Waals surface area contributed by atoms with E-state index in [1.165, 1.54) is 0 Å². The minimum atomic E-state index is -1.08. The Hall–Kier alpha value is -0.910. The monoisotopic (exact) mass is 237 g/mol. The fourth-order valence-corrected chi connectivity index (χ4v) is 1.16. The predicted molar refractivity (Wildman–Crippen MR) is 54.0 cm³/mol. The number of carboxylic acid groups (broad SMARTS) is 1. The Bertz CT molecular complexity index is 346. The van der Waals surface area contributed by atoms with Crippen LogP contribution in [0.1, 0.15) is 21.9 Å². The van der Waals surface area contributed by atoms with Gasteiger partial charge in [-0.05, 0) is 0 Å². The lowest BCUT2D eigenvalue weighted by Gasteiger charge is -1.96. The first-order valence-corrected chi connectivity index (χ1v) is 3.56. The van der Waals surface area contributed by atoms with Crippen molar-refractivity contribution >= 4 is 30.8 Å². The molecule has 2 rings (SSSR count). The molecule has 7 heteroatoms. The first-order chi connectivity index (χ1) is 5.77. The van der Waals surface area contributed by atoms with Gasteiger partial charge in [0.25, 0.3) is 0 Å². The summed E-state index contributed by atoms with van der Waals surface area (Å²) in [7, 11) is 0. The first-order valence-electron chi connectivity index (χ1n) is 3.56. The van der Waals surface area contributed by atoms with Gasteiger partial charge in [-0.1, -0.05) is 0 Å². The van der Waals surface area contributed by atoms with E-state index in [4.69, 9.17) is 5.11 Å². The molecule has 78 valence electrons. The highest BCUT2D eigenvalue weighted by Gasteiger charge is 2.15. The molecule has 1 aliphatic heterocycles. The highest BCUT2D eigenvalue weighted by molar-refractivity contribution is 5.85. The molecule has 14 heavy (non-hydrogen) atoms. The van der Waals surface area contributed by atoms with Crippen LogP contribution in [0, 0.1) is 0 Å². The fraction of sp³-hybridized carbons (Fsp3) is 0.286. The number of fused-ring (bicyclic) bond motifs is 1. The minimum absolute atomic E-state index is 0. The number of hydrogen-bond donors (Lipinski definition) is 2. The van der Waals surface area contributed by atoms with E-state index in [1.54, 1.807) is 6.20 Å². The molecule has 2 heterocycles. The topological polar surface area (TPSA) is 75.1 Å². The molecule has 0 amide bonds. The van der Waals surface area contributed by atoms with Crippen molar-refractivity contribution in [2.45, 2.75) is 13.1 Å². The number of halogens is 2. The van der Waals surface area contributed by atoms with Gasteiger partial charge < -0.3 is 10.4 Å². The third-order valence-corrected chi connectivity index (χ3v) is 1.75. The maximum Gasteiger partial charge on any atom is 0.373 e. The molecule has 1 aromatic rings. The molecule has 0 bridgehead atoms. The number of carbonyl (C=O) groups is 1. The molecule has 0 aliphatic carbocycles. The summed E-state index contributed by atoms with van der Waals surface area (Å²) in [5.74, 6) is -1.21. The molecular formula is C7H9Cl2N3O2. The SMILES string of the molecule is Cl.Cl.O=C(O)c1ncc2c(n1)CNC2. The second kappa shape index (κ2) is 5.09.